The van der Waals surface area contributed by atoms with Crippen molar-refractivity contribution in [2.24, 2.45) is 0 Å². The number of aromatic amines is 1. The number of thiazole rings is 1. The Labute approximate surface area is 149 Å². The normalized spacial score (nSPS) is 11.2. The molecule has 2 aromatic carbocycles. The number of hydrogen-bond donors (Lipinski definition) is 2. The molecule has 0 aliphatic carbocycles. The van der Waals surface area contributed by atoms with Gasteiger partial charge in [0.1, 0.15) is 0 Å². The molecule has 0 aliphatic heterocycles. The molecule has 2 N–H and O–H groups in total. The van der Waals surface area contributed by atoms with Crippen molar-refractivity contribution >= 4 is 38.4 Å². The molecule has 0 aliphatic rings. The maximum absolute atomic E-state index is 12.4. The summed E-state index contributed by atoms with van der Waals surface area (Å²) in [5.74, 6) is -0.138. The van der Waals surface area contributed by atoms with Crippen LogP contribution in [0.3, 0.4) is 0 Å². The molecule has 0 radical (unpaired) electrons. The van der Waals surface area contributed by atoms with Gasteiger partial charge in [-0.2, -0.15) is 5.10 Å². The number of aryl methyl sites for hydroxylation is 2. The molecular formula is C19H18N4OS. The van der Waals surface area contributed by atoms with E-state index in [0.717, 1.165) is 39.8 Å². The van der Waals surface area contributed by atoms with Crippen LogP contribution in [-0.4, -0.2) is 27.6 Å². The van der Waals surface area contributed by atoms with Crippen molar-refractivity contribution in [2.45, 2.75) is 19.8 Å². The minimum atomic E-state index is -0.138. The van der Waals surface area contributed by atoms with Gasteiger partial charge in [-0.15, -0.1) is 11.3 Å². The Morgan fingerprint density at radius 1 is 1.24 bits per heavy atom. The number of carbonyl (C=O) groups is 1. The van der Waals surface area contributed by atoms with Crippen LogP contribution in [0, 0.1) is 6.92 Å². The van der Waals surface area contributed by atoms with Crippen molar-refractivity contribution in [1.82, 2.24) is 20.5 Å². The molecule has 5 nitrogen and oxygen atoms in total. The molecule has 126 valence electrons. The Hall–Kier alpha value is -2.73. The fraction of sp³-hybridized carbons (Fsp3) is 0.211. The molecule has 0 spiro atoms. The molecule has 4 aromatic rings. The molecular weight excluding hydrogens is 332 g/mol. The fourth-order valence-electron chi connectivity index (χ4n) is 2.85. The van der Waals surface area contributed by atoms with Gasteiger partial charge in [-0.1, -0.05) is 23.8 Å². The van der Waals surface area contributed by atoms with E-state index in [4.69, 9.17) is 0 Å². The van der Waals surface area contributed by atoms with E-state index in [0.29, 0.717) is 12.2 Å². The van der Waals surface area contributed by atoms with Crippen molar-refractivity contribution in [3.05, 3.63) is 58.7 Å². The van der Waals surface area contributed by atoms with Gasteiger partial charge < -0.3 is 5.32 Å². The van der Waals surface area contributed by atoms with Crippen LogP contribution in [0.15, 0.2) is 42.5 Å². The van der Waals surface area contributed by atoms with Crippen molar-refractivity contribution in [2.75, 3.05) is 6.54 Å². The molecule has 0 fully saturated rings. The highest BCUT2D eigenvalue weighted by molar-refractivity contribution is 7.18. The van der Waals surface area contributed by atoms with Gasteiger partial charge >= 0.3 is 0 Å². The number of fused-ring (bicyclic) bond motifs is 2. The van der Waals surface area contributed by atoms with E-state index in [1.165, 1.54) is 4.70 Å². The standard InChI is InChI=1S/C19H18N4OS/c1-12-8-9-14-13(11-12)18(23-22-14)19(24)20-10-4-7-17-21-15-5-2-3-6-16(15)25-17/h2-3,5-6,8-9,11H,4,7,10H2,1H3,(H,20,24)(H,22,23). The molecule has 2 aromatic heterocycles. The van der Waals surface area contributed by atoms with E-state index >= 15 is 0 Å². The highest BCUT2D eigenvalue weighted by Gasteiger charge is 2.13. The predicted molar refractivity (Wildman–Crippen MR) is 101 cm³/mol. The summed E-state index contributed by atoms with van der Waals surface area (Å²) < 4.78 is 1.21. The van der Waals surface area contributed by atoms with Gasteiger partial charge in [-0.05, 0) is 37.6 Å². The summed E-state index contributed by atoms with van der Waals surface area (Å²) in [5.41, 5.74) is 3.49. The zero-order chi connectivity index (χ0) is 17.2. The largest absolute Gasteiger partial charge is 0.351 e. The van der Waals surface area contributed by atoms with Crippen molar-refractivity contribution < 1.29 is 4.79 Å². The number of nitrogens with zero attached hydrogens (tertiary/aromatic N) is 2. The first-order valence-electron chi connectivity index (χ1n) is 8.28. The smallest absolute Gasteiger partial charge is 0.272 e. The van der Waals surface area contributed by atoms with Crippen LogP contribution in [0.5, 0.6) is 0 Å². The number of nitrogens with one attached hydrogen (secondary N) is 2. The second-order valence-corrected chi connectivity index (χ2v) is 7.17. The Morgan fingerprint density at radius 3 is 3.00 bits per heavy atom. The first kappa shape index (κ1) is 15.8. The van der Waals surface area contributed by atoms with E-state index < -0.39 is 0 Å². The van der Waals surface area contributed by atoms with Gasteiger partial charge in [-0.3, -0.25) is 9.89 Å². The number of H-pyrrole nitrogens is 1. The monoisotopic (exact) mass is 350 g/mol. The van der Waals surface area contributed by atoms with Crippen LogP contribution in [0.1, 0.15) is 27.5 Å². The zero-order valence-corrected chi connectivity index (χ0v) is 14.7. The lowest BCUT2D eigenvalue weighted by Gasteiger charge is -2.02. The van der Waals surface area contributed by atoms with Crippen molar-refractivity contribution in [3.8, 4) is 0 Å². The van der Waals surface area contributed by atoms with Crippen LogP contribution in [0.25, 0.3) is 21.1 Å². The average molecular weight is 350 g/mol. The quantitative estimate of drug-likeness (QED) is 0.537. The Morgan fingerprint density at radius 2 is 2.12 bits per heavy atom. The van der Waals surface area contributed by atoms with Crippen LogP contribution < -0.4 is 5.32 Å². The molecule has 6 heteroatoms. The highest BCUT2D eigenvalue weighted by Crippen LogP contribution is 2.22. The van der Waals surface area contributed by atoms with E-state index in [-0.39, 0.29) is 5.91 Å². The lowest BCUT2D eigenvalue weighted by Crippen LogP contribution is -2.25. The maximum Gasteiger partial charge on any atom is 0.272 e. The lowest BCUT2D eigenvalue weighted by atomic mass is 10.1. The number of aromatic nitrogens is 3. The van der Waals surface area contributed by atoms with E-state index in [2.05, 4.69) is 26.6 Å². The molecule has 2 heterocycles. The molecule has 4 rings (SSSR count). The molecule has 0 unspecified atom stereocenters. The third-order valence-corrected chi connectivity index (χ3v) is 5.22. The summed E-state index contributed by atoms with van der Waals surface area (Å²) in [4.78, 5) is 17.0. The van der Waals surface area contributed by atoms with Gasteiger partial charge in [0.2, 0.25) is 0 Å². The first-order valence-corrected chi connectivity index (χ1v) is 9.10. The topological polar surface area (TPSA) is 70.7 Å². The van der Waals surface area contributed by atoms with Crippen LogP contribution in [0.4, 0.5) is 0 Å². The van der Waals surface area contributed by atoms with Crippen LogP contribution in [-0.2, 0) is 6.42 Å². The maximum atomic E-state index is 12.4. The van der Waals surface area contributed by atoms with E-state index in [1.807, 2.05) is 43.3 Å². The predicted octanol–water partition coefficient (Wildman–Crippen LogP) is 3.84. The summed E-state index contributed by atoms with van der Waals surface area (Å²) in [5, 5.41) is 12.0. The van der Waals surface area contributed by atoms with Gasteiger partial charge in [0.15, 0.2) is 5.69 Å². The average Bonchev–Trinajstić information content (AvgIpc) is 3.21. The Kier molecular flexibility index (Phi) is 4.19. The third-order valence-electron chi connectivity index (χ3n) is 4.12. The van der Waals surface area contributed by atoms with Gasteiger partial charge in [0.25, 0.3) is 5.91 Å². The highest BCUT2D eigenvalue weighted by atomic mass is 32.1. The second-order valence-electron chi connectivity index (χ2n) is 6.06. The van der Waals surface area contributed by atoms with Gasteiger partial charge in [0.05, 0.1) is 20.7 Å². The van der Waals surface area contributed by atoms with Crippen LogP contribution >= 0.6 is 11.3 Å². The minimum Gasteiger partial charge on any atom is -0.351 e. The molecule has 25 heavy (non-hydrogen) atoms. The number of benzene rings is 2. The first-order chi connectivity index (χ1) is 12.2. The van der Waals surface area contributed by atoms with Gasteiger partial charge in [-0.25, -0.2) is 4.98 Å². The molecule has 0 bridgehead atoms. The number of hydrogen-bond acceptors (Lipinski definition) is 4. The second kappa shape index (κ2) is 6.64. The van der Waals surface area contributed by atoms with E-state index in [9.17, 15) is 4.79 Å². The lowest BCUT2D eigenvalue weighted by molar-refractivity contribution is 0.0950. The molecule has 1 amide bonds. The zero-order valence-electron chi connectivity index (χ0n) is 13.9. The third kappa shape index (κ3) is 3.25. The summed E-state index contributed by atoms with van der Waals surface area (Å²) >= 11 is 1.72. The summed E-state index contributed by atoms with van der Waals surface area (Å²) in [6, 6.07) is 14.1. The fourth-order valence-corrected chi connectivity index (χ4v) is 3.86. The number of para-hydroxylation sites is 1. The molecule has 0 saturated carbocycles. The SMILES string of the molecule is Cc1ccc2[nH]nc(C(=O)NCCCc3nc4ccccc4s3)c2c1. The number of carbonyl (C=O) groups excluding carboxylic acids is 1. The van der Waals surface area contributed by atoms with Crippen LogP contribution in [0.2, 0.25) is 0 Å². The van der Waals surface area contributed by atoms with E-state index in [1.54, 1.807) is 11.3 Å². The number of amides is 1. The summed E-state index contributed by atoms with van der Waals surface area (Å²) in [6.07, 6.45) is 1.72. The minimum absolute atomic E-state index is 0.138. The summed E-state index contributed by atoms with van der Waals surface area (Å²) in [6.45, 7) is 2.61. The molecule has 0 saturated heterocycles. The molecule has 0 atom stereocenters. The van der Waals surface area contributed by atoms with Crippen molar-refractivity contribution in [1.29, 1.82) is 0 Å². The van der Waals surface area contributed by atoms with Crippen molar-refractivity contribution in [3.63, 3.8) is 0 Å². The number of rotatable bonds is 5. The van der Waals surface area contributed by atoms with Gasteiger partial charge in [0, 0.05) is 18.4 Å². The Bertz CT molecular complexity index is 1020. The summed E-state index contributed by atoms with van der Waals surface area (Å²) in [7, 11) is 0. The Balaban J connectivity index is 1.36.